The molecule has 0 aliphatic heterocycles. The van der Waals surface area contributed by atoms with Crippen LogP contribution in [0.15, 0.2) is 24.3 Å². The third kappa shape index (κ3) is 66.6. The second-order valence-corrected chi connectivity index (χ2v) is 30.1. The van der Waals surface area contributed by atoms with Crippen LogP contribution in [0.5, 0.6) is 0 Å². The fourth-order valence-corrected chi connectivity index (χ4v) is 12.3. The van der Waals surface area contributed by atoms with Crippen LogP contribution in [0.4, 0.5) is 0 Å². The highest BCUT2D eigenvalue weighted by Gasteiger charge is 2.30. The summed E-state index contributed by atoms with van der Waals surface area (Å²) in [6.45, 7) is 11.8. The molecule has 0 aliphatic rings. The van der Waals surface area contributed by atoms with Gasteiger partial charge in [-0.25, -0.2) is 9.13 Å². The van der Waals surface area contributed by atoms with Crippen molar-refractivity contribution in [1.29, 1.82) is 0 Å². The maximum Gasteiger partial charge on any atom is 0.472 e. The Balaban J connectivity index is 5.29. The Morgan fingerprint density at radius 1 is 0.355 bits per heavy atom. The van der Waals surface area contributed by atoms with Crippen molar-refractivity contribution in [2.24, 2.45) is 17.8 Å². The van der Waals surface area contributed by atoms with Gasteiger partial charge in [-0.05, 0) is 69.1 Å². The molecule has 4 unspecified atom stereocenters. The zero-order valence-corrected chi connectivity index (χ0v) is 62.0. The fraction of sp³-hybridized carbons (Fsp3) is 0.892. The highest BCUT2D eigenvalue weighted by molar-refractivity contribution is 7.47. The minimum Gasteiger partial charge on any atom is -0.462 e. The summed E-state index contributed by atoms with van der Waals surface area (Å²) in [6.07, 6.45) is 52.1. The Kier molecular flexibility index (Phi) is 62.5. The average Bonchev–Trinajstić information content (AvgIpc) is 2.40. The minimum atomic E-state index is -4.96. The number of phosphoric acid groups is 2. The van der Waals surface area contributed by atoms with E-state index in [0.717, 1.165) is 121 Å². The Hall–Kier alpha value is -2.46. The standard InChI is InChI=1S/C74H140O17P2/c1-8-10-11-12-13-14-15-16-17-20-23-26-35-43-50-57-73(78)90-69(61-84-71(76)55-48-41-34-29-28-33-40-47-54-67(7)9-2)63-88-92(80,81)86-59-68(75)60-87-93(82,83)89-64-70(62-85-72(77)56-49-42-37-30-32-39-46-53-66(5)6)91-74(79)58-51-44-36-27-24-21-18-19-22-25-31-38-45-52-65(3)4/h14-17,65-70,75H,8-13,18-64H2,1-7H3,(H,80,81)(H,82,83)/b15-14-,17-16-/t67?,68?,69-,70-/m1/s1. The van der Waals surface area contributed by atoms with Crippen LogP contribution in [0.3, 0.4) is 0 Å². The van der Waals surface area contributed by atoms with E-state index >= 15 is 0 Å². The number of unbranched alkanes of at least 4 members (excludes halogenated alkanes) is 34. The highest BCUT2D eigenvalue weighted by atomic mass is 31.2. The van der Waals surface area contributed by atoms with Gasteiger partial charge in [0.25, 0.3) is 0 Å². The first-order valence-electron chi connectivity index (χ1n) is 37.7. The van der Waals surface area contributed by atoms with Crippen LogP contribution in [-0.2, 0) is 65.4 Å². The molecule has 0 saturated heterocycles. The first-order valence-corrected chi connectivity index (χ1v) is 40.7. The zero-order valence-electron chi connectivity index (χ0n) is 60.2. The highest BCUT2D eigenvalue weighted by Crippen LogP contribution is 2.45. The van der Waals surface area contributed by atoms with Gasteiger partial charge in [0.2, 0.25) is 0 Å². The van der Waals surface area contributed by atoms with Crippen molar-refractivity contribution >= 4 is 39.5 Å². The molecule has 0 aromatic heterocycles. The van der Waals surface area contributed by atoms with Crippen molar-refractivity contribution in [1.82, 2.24) is 0 Å². The monoisotopic (exact) mass is 1360 g/mol. The normalized spacial score (nSPS) is 14.6. The summed E-state index contributed by atoms with van der Waals surface area (Å²) in [4.78, 5) is 72.7. The van der Waals surface area contributed by atoms with Gasteiger partial charge in [0.15, 0.2) is 12.2 Å². The number of carbonyl (C=O) groups is 4. The number of rotatable bonds is 70. The van der Waals surface area contributed by atoms with Gasteiger partial charge >= 0.3 is 39.5 Å². The number of hydrogen-bond acceptors (Lipinski definition) is 15. The van der Waals surface area contributed by atoms with Gasteiger partial charge in [0.05, 0.1) is 26.4 Å². The largest absolute Gasteiger partial charge is 0.472 e. The smallest absolute Gasteiger partial charge is 0.462 e. The number of hydrogen-bond donors (Lipinski definition) is 3. The van der Waals surface area contributed by atoms with Crippen molar-refractivity contribution in [3.8, 4) is 0 Å². The van der Waals surface area contributed by atoms with E-state index in [4.69, 9.17) is 37.0 Å². The summed E-state index contributed by atoms with van der Waals surface area (Å²) in [5.41, 5.74) is 0. The van der Waals surface area contributed by atoms with E-state index in [9.17, 15) is 43.2 Å². The Labute approximate surface area is 567 Å². The second kappa shape index (κ2) is 64.2. The number of ether oxygens (including phenoxy) is 4. The number of allylic oxidation sites excluding steroid dienone is 4. The summed E-state index contributed by atoms with van der Waals surface area (Å²) in [7, 11) is -9.92. The third-order valence-electron chi connectivity index (χ3n) is 16.9. The molecule has 0 spiro atoms. The third-order valence-corrected chi connectivity index (χ3v) is 18.8. The lowest BCUT2D eigenvalue weighted by Crippen LogP contribution is -2.30. The minimum absolute atomic E-state index is 0.0842. The van der Waals surface area contributed by atoms with Gasteiger partial charge in [0, 0.05) is 25.7 Å². The number of aliphatic hydroxyl groups excluding tert-OH is 1. The molecule has 0 bridgehead atoms. The SMILES string of the molecule is CCCCCC/C=C\C=C/CCCCCCCC(=O)O[C@H](COC(=O)CCCCCCCCCCC(C)CC)COP(=O)(O)OCC(O)COP(=O)(O)OC[C@@H](COC(=O)CCCCCCCCCC(C)C)OC(=O)CCCCCCCCCCCCCCCC(C)C. The molecule has 0 amide bonds. The molecular weight excluding hydrogens is 1220 g/mol. The van der Waals surface area contributed by atoms with Crippen LogP contribution in [0, 0.1) is 17.8 Å². The van der Waals surface area contributed by atoms with Crippen LogP contribution >= 0.6 is 15.6 Å². The van der Waals surface area contributed by atoms with Crippen LogP contribution < -0.4 is 0 Å². The van der Waals surface area contributed by atoms with Gasteiger partial charge in [-0.3, -0.25) is 37.3 Å². The summed E-state index contributed by atoms with van der Waals surface area (Å²) >= 11 is 0. The van der Waals surface area contributed by atoms with Crippen molar-refractivity contribution in [2.75, 3.05) is 39.6 Å². The molecule has 0 aromatic rings. The molecule has 0 rings (SSSR count). The molecule has 0 heterocycles. The molecule has 0 aromatic carbocycles. The molecule has 0 saturated carbocycles. The Morgan fingerprint density at radius 2 is 0.634 bits per heavy atom. The van der Waals surface area contributed by atoms with Crippen LogP contribution in [0.2, 0.25) is 0 Å². The molecule has 0 radical (unpaired) electrons. The maximum atomic E-state index is 13.0. The number of aliphatic hydroxyl groups is 1. The first-order chi connectivity index (χ1) is 44.8. The lowest BCUT2D eigenvalue weighted by atomic mass is 9.99. The topological polar surface area (TPSA) is 237 Å². The quantitative estimate of drug-likeness (QED) is 0.0169. The van der Waals surface area contributed by atoms with Crippen LogP contribution in [-0.4, -0.2) is 96.7 Å². The summed E-state index contributed by atoms with van der Waals surface area (Å²) in [5, 5.41) is 10.6. The lowest BCUT2D eigenvalue weighted by molar-refractivity contribution is -0.161. The molecule has 0 fully saturated rings. The first kappa shape index (κ1) is 90.5. The maximum absolute atomic E-state index is 13.0. The van der Waals surface area contributed by atoms with Gasteiger partial charge in [-0.1, -0.05) is 297 Å². The van der Waals surface area contributed by atoms with Crippen LogP contribution in [0.1, 0.15) is 350 Å². The molecule has 548 valence electrons. The van der Waals surface area contributed by atoms with E-state index in [-0.39, 0.29) is 25.7 Å². The number of carbonyl (C=O) groups excluding carboxylic acids is 4. The predicted molar refractivity (Wildman–Crippen MR) is 377 cm³/mol. The van der Waals surface area contributed by atoms with E-state index in [1.165, 1.54) is 141 Å². The summed E-state index contributed by atoms with van der Waals surface area (Å²) < 4.78 is 68.4. The molecule has 19 heteroatoms. The average molecular weight is 1360 g/mol. The van der Waals surface area contributed by atoms with Gasteiger partial charge in [0.1, 0.15) is 19.3 Å². The van der Waals surface area contributed by atoms with Gasteiger partial charge < -0.3 is 33.8 Å². The molecule has 3 N–H and O–H groups in total. The van der Waals surface area contributed by atoms with E-state index in [1.54, 1.807) is 0 Å². The van der Waals surface area contributed by atoms with Crippen molar-refractivity contribution < 1.29 is 80.2 Å². The van der Waals surface area contributed by atoms with Gasteiger partial charge in [-0.2, -0.15) is 0 Å². The Bertz CT molecular complexity index is 1910. The van der Waals surface area contributed by atoms with Crippen LogP contribution in [0.25, 0.3) is 0 Å². The fourth-order valence-electron chi connectivity index (χ4n) is 10.7. The molecule has 6 atom stereocenters. The number of phosphoric ester groups is 2. The molecule has 0 aliphatic carbocycles. The lowest BCUT2D eigenvalue weighted by Gasteiger charge is -2.21. The number of esters is 4. The van der Waals surface area contributed by atoms with Crippen molar-refractivity contribution in [2.45, 2.75) is 369 Å². The van der Waals surface area contributed by atoms with Gasteiger partial charge in [-0.15, -0.1) is 0 Å². The van der Waals surface area contributed by atoms with E-state index in [1.807, 2.05) is 0 Å². The summed E-state index contributed by atoms with van der Waals surface area (Å²) in [5.74, 6) is 0.110. The molecular formula is C74H140O17P2. The zero-order chi connectivity index (χ0) is 68.7. The van der Waals surface area contributed by atoms with E-state index in [0.29, 0.717) is 31.6 Å². The van der Waals surface area contributed by atoms with Crippen molar-refractivity contribution in [3.63, 3.8) is 0 Å². The predicted octanol–water partition coefficient (Wildman–Crippen LogP) is 21.0. The molecule has 17 nitrogen and oxygen atoms in total. The second-order valence-electron chi connectivity index (χ2n) is 27.2. The Morgan fingerprint density at radius 3 is 0.957 bits per heavy atom. The summed E-state index contributed by atoms with van der Waals surface area (Å²) in [6, 6.07) is 0. The van der Waals surface area contributed by atoms with E-state index in [2.05, 4.69) is 72.8 Å². The molecule has 93 heavy (non-hydrogen) atoms. The van der Waals surface area contributed by atoms with E-state index < -0.39 is 97.5 Å². The van der Waals surface area contributed by atoms with Crippen molar-refractivity contribution in [3.05, 3.63) is 24.3 Å².